The first-order chi connectivity index (χ1) is 3.25. The molecule has 1 atom stereocenters. The molecule has 0 fully saturated rings. The highest BCUT2D eigenvalue weighted by Crippen LogP contribution is 2.34. The summed E-state index contributed by atoms with van der Waals surface area (Å²) in [6.45, 7) is 1.05. The van der Waals surface area contributed by atoms with Crippen LogP contribution in [0.25, 0.3) is 0 Å². The van der Waals surface area contributed by atoms with E-state index >= 15 is 0 Å². The second-order valence-corrected chi connectivity index (χ2v) is 2.49. The van der Waals surface area contributed by atoms with Gasteiger partial charge in [0.15, 0.2) is 0 Å². The SMILES string of the molecule is C.CC(F)(F)C(C)(F)Cl. The average molecular weight is 163 g/mol. The van der Waals surface area contributed by atoms with Crippen LogP contribution in [0.4, 0.5) is 13.2 Å². The fourth-order valence-corrected chi connectivity index (χ4v) is 0. The quantitative estimate of drug-likeness (QED) is 0.520. The largest absolute Gasteiger partial charge is 0.292 e. The summed E-state index contributed by atoms with van der Waals surface area (Å²) in [4.78, 5) is 0. The van der Waals surface area contributed by atoms with E-state index in [9.17, 15) is 13.2 Å². The van der Waals surface area contributed by atoms with Crippen LogP contribution in [0.1, 0.15) is 21.3 Å². The summed E-state index contributed by atoms with van der Waals surface area (Å²) in [7, 11) is 0. The first kappa shape index (κ1) is 11.8. The smallest absolute Gasteiger partial charge is 0.220 e. The summed E-state index contributed by atoms with van der Waals surface area (Å²) in [5, 5.41) is -2.92. The van der Waals surface area contributed by atoms with Crippen molar-refractivity contribution in [1.82, 2.24) is 0 Å². The van der Waals surface area contributed by atoms with Crippen molar-refractivity contribution in [2.75, 3.05) is 0 Å². The third-order valence-electron chi connectivity index (χ3n) is 0.771. The first-order valence-electron chi connectivity index (χ1n) is 2.01. The van der Waals surface area contributed by atoms with Gasteiger partial charge in [-0.2, -0.15) is 0 Å². The van der Waals surface area contributed by atoms with E-state index in [2.05, 4.69) is 11.6 Å². The Kier molecular flexibility index (Phi) is 3.65. The summed E-state index contributed by atoms with van der Waals surface area (Å²) in [5.74, 6) is -3.46. The van der Waals surface area contributed by atoms with Crippen molar-refractivity contribution in [2.24, 2.45) is 0 Å². The minimum atomic E-state index is -3.46. The average Bonchev–Trinajstić information content (AvgIpc) is 1.25. The molecule has 0 aliphatic heterocycles. The number of hydrogen-bond acceptors (Lipinski definition) is 0. The Hall–Kier alpha value is 0.0800. The van der Waals surface area contributed by atoms with E-state index in [1.54, 1.807) is 0 Å². The second-order valence-electron chi connectivity index (χ2n) is 1.78. The zero-order valence-electron chi connectivity index (χ0n) is 4.51. The van der Waals surface area contributed by atoms with Gasteiger partial charge in [0, 0.05) is 6.92 Å². The predicted molar refractivity (Wildman–Crippen MR) is 32.7 cm³/mol. The minimum Gasteiger partial charge on any atom is -0.220 e. The molecule has 0 aromatic heterocycles. The molecular formula is C5H10ClF3. The Morgan fingerprint density at radius 1 is 1.11 bits per heavy atom. The summed E-state index contributed by atoms with van der Waals surface area (Å²) < 4.78 is 35.4. The van der Waals surface area contributed by atoms with Crippen molar-refractivity contribution in [1.29, 1.82) is 0 Å². The Bertz CT molecular complexity index is 67.2. The molecule has 0 N–H and O–H groups in total. The number of alkyl halides is 4. The van der Waals surface area contributed by atoms with Gasteiger partial charge in [-0.25, -0.2) is 13.2 Å². The van der Waals surface area contributed by atoms with Crippen molar-refractivity contribution in [2.45, 2.75) is 32.3 Å². The van der Waals surface area contributed by atoms with E-state index in [1.165, 1.54) is 0 Å². The zero-order chi connectivity index (χ0) is 7.00. The highest BCUT2D eigenvalue weighted by atomic mass is 35.5. The van der Waals surface area contributed by atoms with Crippen LogP contribution in [0, 0.1) is 0 Å². The molecule has 0 rings (SSSR count). The first-order valence-corrected chi connectivity index (χ1v) is 2.38. The normalized spacial score (nSPS) is 18.0. The molecular weight excluding hydrogens is 153 g/mol. The number of hydrogen-bond donors (Lipinski definition) is 0. The topological polar surface area (TPSA) is 0 Å². The van der Waals surface area contributed by atoms with Crippen LogP contribution in [0.3, 0.4) is 0 Å². The van der Waals surface area contributed by atoms with Crippen LogP contribution in [0.5, 0.6) is 0 Å². The summed E-state index contributed by atoms with van der Waals surface area (Å²) in [6, 6.07) is 0. The van der Waals surface area contributed by atoms with Crippen molar-refractivity contribution < 1.29 is 13.2 Å². The molecule has 0 nitrogen and oxygen atoms in total. The van der Waals surface area contributed by atoms with Crippen LogP contribution in [0.2, 0.25) is 0 Å². The monoisotopic (exact) mass is 162 g/mol. The maximum absolute atomic E-state index is 11.9. The Morgan fingerprint density at radius 2 is 1.22 bits per heavy atom. The van der Waals surface area contributed by atoms with Gasteiger partial charge in [0.05, 0.1) is 0 Å². The molecule has 58 valence electrons. The lowest BCUT2D eigenvalue weighted by molar-refractivity contribution is -0.0695. The number of rotatable bonds is 1. The van der Waals surface area contributed by atoms with Crippen LogP contribution >= 0.6 is 11.6 Å². The highest BCUT2D eigenvalue weighted by Gasteiger charge is 2.44. The van der Waals surface area contributed by atoms with Crippen molar-refractivity contribution >= 4 is 11.6 Å². The fourth-order valence-electron chi connectivity index (χ4n) is 0. The van der Waals surface area contributed by atoms with Gasteiger partial charge in [-0.1, -0.05) is 19.0 Å². The molecule has 0 aliphatic carbocycles. The van der Waals surface area contributed by atoms with Gasteiger partial charge in [-0.15, -0.1) is 0 Å². The van der Waals surface area contributed by atoms with Gasteiger partial charge in [0.2, 0.25) is 5.13 Å². The van der Waals surface area contributed by atoms with Gasteiger partial charge in [-0.3, -0.25) is 0 Å². The zero-order valence-corrected chi connectivity index (χ0v) is 5.27. The molecule has 9 heavy (non-hydrogen) atoms. The lowest BCUT2D eigenvalue weighted by Crippen LogP contribution is -2.32. The molecule has 0 bridgehead atoms. The molecule has 0 aliphatic rings. The van der Waals surface area contributed by atoms with Crippen LogP contribution in [0.15, 0.2) is 0 Å². The number of halogens is 4. The molecule has 0 aromatic carbocycles. The van der Waals surface area contributed by atoms with Gasteiger partial charge < -0.3 is 0 Å². The standard InChI is InChI=1S/C4H6ClF3.CH4/c1-3(5,6)4(2,7)8;/h1-2H3;1H4. The molecule has 0 spiro atoms. The van der Waals surface area contributed by atoms with E-state index < -0.39 is 11.1 Å². The van der Waals surface area contributed by atoms with Crippen molar-refractivity contribution in [3.8, 4) is 0 Å². The van der Waals surface area contributed by atoms with Gasteiger partial charge in [0.1, 0.15) is 0 Å². The van der Waals surface area contributed by atoms with Crippen LogP contribution in [-0.4, -0.2) is 11.1 Å². The summed E-state index contributed by atoms with van der Waals surface area (Å²) in [6.07, 6.45) is 0. The van der Waals surface area contributed by atoms with Gasteiger partial charge in [0.25, 0.3) is 5.92 Å². The van der Waals surface area contributed by atoms with E-state index in [-0.39, 0.29) is 7.43 Å². The third-order valence-corrected chi connectivity index (χ3v) is 1.10. The van der Waals surface area contributed by atoms with Crippen LogP contribution < -0.4 is 0 Å². The van der Waals surface area contributed by atoms with Crippen molar-refractivity contribution in [3.63, 3.8) is 0 Å². The van der Waals surface area contributed by atoms with Crippen LogP contribution in [-0.2, 0) is 0 Å². The second kappa shape index (κ2) is 2.78. The molecule has 1 unspecified atom stereocenters. The molecule has 0 saturated heterocycles. The van der Waals surface area contributed by atoms with E-state index in [0.29, 0.717) is 13.8 Å². The van der Waals surface area contributed by atoms with E-state index in [1.807, 2.05) is 0 Å². The van der Waals surface area contributed by atoms with Crippen molar-refractivity contribution in [3.05, 3.63) is 0 Å². The highest BCUT2D eigenvalue weighted by molar-refractivity contribution is 6.23. The molecule has 4 heteroatoms. The molecule has 0 saturated carbocycles. The predicted octanol–water partition coefficient (Wildman–Crippen LogP) is 3.20. The fraction of sp³-hybridized carbons (Fsp3) is 1.00. The lowest BCUT2D eigenvalue weighted by atomic mass is 10.3. The van der Waals surface area contributed by atoms with Gasteiger partial charge >= 0.3 is 0 Å². The summed E-state index contributed by atoms with van der Waals surface area (Å²) >= 11 is 4.59. The third kappa shape index (κ3) is 3.62. The molecule has 0 aromatic rings. The maximum Gasteiger partial charge on any atom is 0.292 e. The van der Waals surface area contributed by atoms with Gasteiger partial charge in [-0.05, 0) is 6.92 Å². The Balaban J connectivity index is 0. The maximum atomic E-state index is 11.9. The minimum absolute atomic E-state index is 0. The molecule has 0 heterocycles. The van der Waals surface area contributed by atoms with E-state index in [4.69, 9.17) is 0 Å². The Labute approximate surface area is 58.0 Å². The van der Waals surface area contributed by atoms with E-state index in [0.717, 1.165) is 0 Å². The lowest BCUT2D eigenvalue weighted by Gasteiger charge is -2.18. The Morgan fingerprint density at radius 3 is 1.22 bits per heavy atom. The molecule has 0 amide bonds. The summed E-state index contributed by atoms with van der Waals surface area (Å²) in [5.41, 5.74) is 0. The molecule has 0 radical (unpaired) electrons.